The smallest absolute Gasteiger partial charge is 0.394 e. The van der Waals surface area contributed by atoms with E-state index in [9.17, 15) is 28.9 Å². The van der Waals surface area contributed by atoms with Crippen molar-refractivity contribution in [3.8, 4) is 0 Å². The molecule has 0 rings (SSSR count). The Hall–Kier alpha value is -0.760. The average Bonchev–Trinajstić information content (AvgIpc) is 2.38. The molecule has 0 aliphatic heterocycles. The Morgan fingerprint density at radius 3 is 1.71 bits per heavy atom. The Bertz CT molecular complexity index is 466. The van der Waals surface area contributed by atoms with Crippen LogP contribution in [0.2, 0.25) is 0 Å². The number of rotatable bonds is 8. The quantitative estimate of drug-likeness (QED) is 0.139. The van der Waals surface area contributed by atoms with Gasteiger partial charge in [0.05, 0.1) is 6.61 Å². The normalized spacial score (nSPS) is 16.9. The third-order valence-electron chi connectivity index (χ3n) is 2.03. The Morgan fingerprint density at radius 1 is 1.08 bits per heavy atom. The van der Waals surface area contributed by atoms with E-state index in [1.165, 1.54) is 0 Å². The van der Waals surface area contributed by atoms with E-state index in [0.29, 0.717) is 0 Å². The summed E-state index contributed by atoms with van der Waals surface area (Å²) in [5.74, 6) is -0.558. The maximum Gasteiger partial charge on any atom is 0.478 e. The predicted octanol–water partition coefficient (Wildman–Crippen LogP) is -4.05. The molecule has 0 aliphatic carbocycles. The van der Waals surface area contributed by atoms with Crippen LogP contribution in [0, 0.1) is 0 Å². The number of phosphoric acid groups is 2. The van der Waals surface area contributed by atoms with Crippen LogP contribution >= 0.6 is 15.6 Å². The number of aldehydes is 1. The van der Waals surface area contributed by atoms with Gasteiger partial charge in [-0.05, 0) is 0 Å². The first-order valence-corrected chi connectivity index (χ1v) is 8.90. The van der Waals surface area contributed by atoms with Gasteiger partial charge in [0.25, 0.3) is 0 Å². The molecule has 0 saturated carbocycles. The van der Waals surface area contributed by atoms with E-state index in [1.807, 2.05) is 0 Å². The van der Waals surface area contributed by atoms with Crippen LogP contribution in [0.5, 0.6) is 0 Å². The van der Waals surface area contributed by atoms with Gasteiger partial charge in [-0.2, -0.15) is 4.31 Å². The van der Waals surface area contributed by atoms with Gasteiger partial charge in [-0.3, -0.25) is 4.79 Å². The summed E-state index contributed by atoms with van der Waals surface area (Å²) >= 11 is 0. The number of carbonyl (C=O) groups is 2. The molecule has 0 heterocycles. The minimum atomic E-state index is -5.05. The van der Waals surface area contributed by atoms with Gasteiger partial charge in [0.15, 0.2) is 0 Å². The molecule has 0 aliphatic rings. The van der Waals surface area contributed by atoms with Crippen LogP contribution in [0.25, 0.3) is 0 Å². The summed E-state index contributed by atoms with van der Waals surface area (Å²) < 4.78 is 22.2. The number of aliphatic hydroxyl groups is 4. The van der Waals surface area contributed by atoms with E-state index in [0.717, 1.165) is 6.92 Å². The summed E-state index contributed by atoms with van der Waals surface area (Å²) in [6.07, 6.45) is -4.72. The second-order valence-corrected chi connectivity index (χ2v) is 6.77. The third kappa shape index (κ3) is 13.7. The van der Waals surface area contributed by atoms with Gasteiger partial charge < -0.3 is 50.1 Å². The molecule has 0 radical (unpaired) electrons. The molecule has 0 aromatic heterocycles. The van der Waals surface area contributed by atoms with E-state index < -0.39 is 52.5 Å². The summed E-state index contributed by atoms with van der Waals surface area (Å²) in [6, 6.07) is -1.32. The Morgan fingerprint density at radius 2 is 1.50 bits per heavy atom. The first-order valence-electron chi connectivity index (χ1n) is 5.84. The van der Waals surface area contributed by atoms with Crippen LogP contribution in [0.15, 0.2) is 0 Å². The number of hydrogen-bond acceptors (Lipinski definition) is 9. The van der Waals surface area contributed by atoms with Crippen LogP contribution < -0.4 is 5.32 Å². The highest BCUT2D eigenvalue weighted by Crippen LogP contribution is 2.53. The van der Waals surface area contributed by atoms with Crippen LogP contribution in [0.3, 0.4) is 0 Å². The lowest BCUT2D eigenvalue weighted by Gasteiger charge is -2.25. The van der Waals surface area contributed by atoms with E-state index in [2.05, 4.69) is 9.63 Å². The van der Waals surface area contributed by atoms with E-state index in [1.54, 1.807) is 0 Å². The van der Waals surface area contributed by atoms with Crippen molar-refractivity contribution in [1.29, 1.82) is 0 Å². The molecular weight excluding hydrogens is 380 g/mol. The first-order chi connectivity index (χ1) is 10.6. The van der Waals surface area contributed by atoms with E-state index in [-0.39, 0.29) is 6.29 Å². The number of carbonyl (C=O) groups excluding carboxylic acids is 2. The van der Waals surface area contributed by atoms with Crippen LogP contribution in [-0.4, -0.2) is 83.2 Å². The van der Waals surface area contributed by atoms with Gasteiger partial charge in [0, 0.05) is 6.92 Å². The summed E-state index contributed by atoms with van der Waals surface area (Å²) in [5.41, 5.74) is 0. The second-order valence-electron chi connectivity index (χ2n) is 4.16. The molecule has 14 nitrogen and oxygen atoms in total. The SMILES string of the molecule is CC(=O)N[C@@H](C=O)[C@@H](O)[C@@H](O)[C@H](O)CO.O=P(O)(O)OP(=O)(O)O. The fourth-order valence-electron chi connectivity index (χ4n) is 1.12. The molecule has 0 aromatic rings. The molecular formula is C8H19NO13P2. The highest BCUT2D eigenvalue weighted by Gasteiger charge is 2.31. The van der Waals surface area contributed by atoms with Crippen molar-refractivity contribution in [2.45, 2.75) is 31.3 Å². The van der Waals surface area contributed by atoms with E-state index >= 15 is 0 Å². The van der Waals surface area contributed by atoms with Gasteiger partial charge in [0.2, 0.25) is 5.91 Å². The molecule has 0 bridgehead atoms. The molecule has 144 valence electrons. The minimum absolute atomic E-state index is 0.235. The Labute approximate surface area is 135 Å². The molecule has 0 saturated heterocycles. The van der Waals surface area contributed by atoms with Crippen molar-refractivity contribution in [2.24, 2.45) is 0 Å². The predicted molar refractivity (Wildman–Crippen MR) is 73.9 cm³/mol. The van der Waals surface area contributed by atoms with Gasteiger partial charge in [-0.15, -0.1) is 0 Å². The fourth-order valence-corrected chi connectivity index (χ4v) is 2.23. The molecule has 4 atom stereocenters. The maximum atomic E-state index is 10.6. The molecule has 9 N–H and O–H groups in total. The molecule has 0 aromatic carbocycles. The highest BCUT2D eigenvalue weighted by molar-refractivity contribution is 7.60. The number of nitrogens with one attached hydrogen (secondary N) is 1. The van der Waals surface area contributed by atoms with Crippen LogP contribution in [-0.2, 0) is 23.0 Å². The highest BCUT2D eigenvalue weighted by atomic mass is 31.3. The fraction of sp³-hybridized carbons (Fsp3) is 0.750. The topological polar surface area (TPSA) is 251 Å². The summed E-state index contributed by atoms with van der Waals surface area (Å²) in [6.45, 7) is 0.377. The number of hydrogen-bond donors (Lipinski definition) is 9. The average molecular weight is 399 g/mol. The second kappa shape index (κ2) is 11.0. The third-order valence-corrected chi connectivity index (χ3v) is 3.73. The lowest BCUT2D eigenvalue weighted by Crippen LogP contribution is -2.53. The lowest BCUT2D eigenvalue weighted by molar-refractivity contribution is -0.129. The Kier molecular flexibility index (Phi) is 11.6. The first kappa shape index (κ1) is 25.5. The molecule has 0 fully saturated rings. The van der Waals surface area contributed by atoms with Crippen LogP contribution in [0.1, 0.15) is 6.92 Å². The van der Waals surface area contributed by atoms with Crippen molar-refractivity contribution < 1.29 is 63.0 Å². The van der Waals surface area contributed by atoms with Crippen LogP contribution in [0.4, 0.5) is 0 Å². The molecule has 0 unspecified atom stereocenters. The van der Waals surface area contributed by atoms with Crippen molar-refractivity contribution in [1.82, 2.24) is 5.32 Å². The summed E-state index contributed by atoms with van der Waals surface area (Å²) in [5, 5.41) is 38.2. The standard InChI is InChI=1S/C8H15NO6.H4O7P2/c1-4(12)9-5(2-10)7(14)8(15)6(13)3-11;1-8(2,3)7-9(4,5)6/h2,5-8,11,13-15H,3H2,1H3,(H,9,12);(H2,1,2,3)(H2,4,5,6)/t5-,6+,7+,8-;/m0./s1. The molecule has 24 heavy (non-hydrogen) atoms. The van der Waals surface area contributed by atoms with Gasteiger partial charge in [-0.1, -0.05) is 0 Å². The van der Waals surface area contributed by atoms with E-state index in [4.69, 9.17) is 29.8 Å². The zero-order valence-corrected chi connectivity index (χ0v) is 13.9. The lowest BCUT2D eigenvalue weighted by atomic mass is 10.0. The van der Waals surface area contributed by atoms with Crippen molar-refractivity contribution in [3.05, 3.63) is 0 Å². The summed E-state index contributed by atoms with van der Waals surface area (Å²) in [4.78, 5) is 52.1. The monoisotopic (exact) mass is 399 g/mol. The zero-order chi connectivity index (χ0) is 19.7. The van der Waals surface area contributed by atoms with Gasteiger partial charge >= 0.3 is 15.6 Å². The number of aliphatic hydroxyl groups excluding tert-OH is 4. The van der Waals surface area contributed by atoms with Crippen molar-refractivity contribution in [2.75, 3.05) is 6.61 Å². The van der Waals surface area contributed by atoms with Crippen molar-refractivity contribution >= 4 is 27.8 Å². The Balaban J connectivity index is 0. The van der Waals surface area contributed by atoms with Gasteiger partial charge in [0.1, 0.15) is 30.6 Å². The number of amides is 1. The maximum absolute atomic E-state index is 10.6. The zero-order valence-electron chi connectivity index (χ0n) is 12.1. The molecule has 16 heteroatoms. The summed E-state index contributed by atoms with van der Waals surface area (Å²) in [7, 11) is -10.1. The minimum Gasteiger partial charge on any atom is -0.394 e. The molecule has 0 spiro atoms. The largest absolute Gasteiger partial charge is 0.478 e. The van der Waals surface area contributed by atoms with Crippen molar-refractivity contribution in [3.63, 3.8) is 0 Å². The molecule has 1 amide bonds. The van der Waals surface area contributed by atoms with Gasteiger partial charge in [-0.25, -0.2) is 9.13 Å².